The van der Waals surface area contributed by atoms with Gasteiger partial charge in [0.1, 0.15) is 0 Å². The molecular formula is C10H8BrF3N2. The Morgan fingerprint density at radius 3 is 2.00 bits per heavy atom. The maximum Gasteiger partial charge on any atom is 0.442 e. The molecule has 1 aliphatic rings. The van der Waals surface area contributed by atoms with Gasteiger partial charge < -0.3 is 0 Å². The Morgan fingerprint density at radius 2 is 1.69 bits per heavy atom. The minimum Gasteiger partial charge on any atom is -0.166 e. The van der Waals surface area contributed by atoms with Gasteiger partial charge in [0.15, 0.2) is 0 Å². The van der Waals surface area contributed by atoms with E-state index >= 15 is 0 Å². The molecule has 86 valence electrons. The summed E-state index contributed by atoms with van der Waals surface area (Å²) in [7, 11) is 0. The lowest BCUT2D eigenvalue weighted by atomic mass is 10.0. The van der Waals surface area contributed by atoms with Crippen LogP contribution in [0.3, 0.4) is 0 Å². The fourth-order valence-corrected chi connectivity index (χ4v) is 1.73. The first kappa shape index (κ1) is 11.6. The number of nitrogens with zero attached hydrogens (tertiary/aromatic N) is 2. The van der Waals surface area contributed by atoms with Crippen molar-refractivity contribution in [3.05, 3.63) is 35.4 Å². The zero-order valence-corrected chi connectivity index (χ0v) is 9.88. The van der Waals surface area contributed by atoms with E-state index in [1.165, 1.54) is 12.1 Å². The Bertz CT molecular complexity index is 417. The van der Waals surface area contributed by atoms with Gasteiger partial charge in [-0.2, -0.15) is 13.2 Å². The van der Waals surface area contributed by atoms with E-state index in [0.717, 1.165) is 5.56 Å². The maximum absolute atomic E-state index is 12.6. The SMILES string of the molecule is CC(Br)c1ccc(C2(C(F)(F)F)N=N2)cc1. The minimum absolute atomic E-state index is 0.0666. The summed E-state index contributed by atoms with van der Waals surface area (Å²) in [6.07, 6.45) is -4.45. The molecule has 1 heterocycles. The van der Waals surface area contributed by atoms with Crippen LogP contribution >= 0.6 is 15.9 Å². The highest BCUT2D eigenvalue weighted by Gasteiger charge is 2.65. The molecule has 2 nitrogen and oxygen atoms in total. The van der Waals surface area contributed by atoms with Gasteiger partial charge in [-0.3, -0.25) is 0 Å². The van der Waals surface area contributed by atoms with Crippen molar-refractivity contribution in [2.45, 2.75) is 23.6 Å². The van der Waals surface area contributed by atoms with Crippen molar-refractivity contribution in [2.24, 2.45) is 10.2 Å². The summed E-state index contributed by atoms with van der Waals surface area (Å²) in [5, 5.41) is 6.28. The van der Waals surface area contributed by atoms with Crippen molar-refractivity contribution in [3.8, 4) is 0 Å². The van der Waals surface area contributed by atoms with E-state index < -0.39 is 11.8 Å². The predicted octanol–water partition coefficient (Wildman–Crippen LogP) is 4.32. The first-order valence-electron chi connectivity index (χ1n) is 4.62. The third-order valence-electron chi connectivity index (χ3n) is 2.47. The van der Waals surface area contributed by atoms with E-state index in [-0.39, 0.29) is 10.4 Å². The molecule has 1 unspecified atom stereocenters. The van der Waals surface area contributed by atoms with Crippen LogP contribution in [0, 0.1) is 0 Å². The number of halogens is 4. The molecule has 0 fully saturated rings. The molecule has 0 aliphatic carbocycles. The van der Waals surface area contributed by atoms with Crippen molar-refractivity contribution in [2.75, 3.05) is 0 Å². The van der Waals surface area contributed by atoms with Crippen LogP contribution in [-0.2, 0) is 5.66 Å². The zero-order valence-electron chi connectivity index (χ0n) is 8.29. The van der Waals surface area contributed by atoms with Crippen LogP contribution in [-0.4, -0.2) is 6.18 Å². The van der Waals surface area contributed by atoms with E-state index in [9.17, 15) is 13.2 Å². The number of hydrogen-bond acceptors (Lipinski definition) is 2. The Balaban J connectivity index is 2.30. The average molecular weight is 293 g/mol. The summed E-state index contributed by atoms with van der Waals surface area (Å²) in [5.41, 5.74) is -1.32. The highest BCUT2D eigenvalue weighted by Crippen LogP contribution is 2.52. The lowest BCUT2D eigenvalue weighted by Gasteiger charge is -2.15. The van der Waals surface area contributed by atoms with Crippen molar-refractivity contribution in [1.82, 2.24) is 0 Å². The van der Waals surface area contributed by atoms with Crippen LogP contribution < -0.4 is 0 Å². The summed E-state index contributed by atoms with van der Waals surface area (Å²) >= 11 is 3.34. The zero-order chi connectivity index (χ0) is 12.0. The van der Waals surface area contributed by atoms with Gasteiger partial charge >= 0.3 is 11.8 Å². The van der Waals surface area contributed by atoms with E-state index in [1.807, 2.05) is 6.92 Å². The number of hydrogen-bond donors (Lipinski definition) is 0. The third-order valence-corrected chi connectivity index (χ3v) is 3.00. The molecule has 1 aromatic carbocycles. The predicted molar refractivity (Wildman–Crippen MR) is 56.4 cm³/mol. The molecule has 0 radical (unpaired) electrons. The second-order valence-electron chi connectivity index (χ2n) is 3.61. The van der Waals surface area contributed by atoms with Gasteiger partial charge in [-0.25, -0.2) is 0 Å². The largest absolute Gasteiger partial charge is 0.442 e. The summed E-state index contributed by atoms with van der Waals surface area (Å²) in [6, 6.07) is 6.12. The third kappa shape index (κ3) is 1.75. The van der Waals surface area contributed by atoms with E-state index in [4.69, 9.17) is 0 Å². The van der Waals surface area contributed by atoms with E-state index in [0.29, 0.717) is 0 Å². The van der Waals surface area contributed by atoms with Crippen LogP contribution in [0.4, 0.5) is 13.2 Å². The van der Waals surface area contributed by atoms with Crippen LogP contribution in [0.1, 0.15) is 22.9 Å². The topological polar surface area (TPSA) is 24.7 Å². The van der Waals surface area contributed by atoms with Crippen LogP contribution in [0.2, 0.25) is 0 Å². The minimum atomic E-state index is -4.45. The van der Waals surface area contributed by atoms with E-state index in [2.05, 4.69) is 26.2 Å². The van der Waals surface area contributed by atoms with Crippen LogP contribution in [0.25, 0.3) is 0 Å². The highest BCUT2D eigenvalue weighted by atomic mass is 79.9. The highest BCUT2D eigenvalue weighted by molar-refractivity contribution is 9.09. The first-order valence-corrected chi connectivity index (χ1v) is 5.54. The lowest BCUT2D eigenvalue weighted by molar-refractivity contribution is -0.166. The first-order chi connectivity index (χ1) is 7.37. The summed E-state index contributed by atoms with van der Waals surface area (Å²) in [5.74, 6) is 0. The molecule has 0 amide bonds. The molecule has 1 aromatic rings. The van der Waals surface area contributed by atoms with Crippen molar-refractivity contribution < 1.29 is 13.2 Å². The number of benzene rings is 1. The van der Waals surface area contributed by atoms with Gasteiger partial charge in [-0.15, -0.1) is 10.2 Å². The molecule has 1 atom stereocenters. The average Bonchev–Trinajstić information content (AvgIpc) is 2.97. The summed E-state index contributed by atoms with van der Waals surface area (Å²) in [4.78, 5) is 0.108. The second kappa shape index (κ2) is 3.55. The van der Waals surface area contributed by atoms with E-state index in [1.54, 1.807) is 12.1 Å². The quantitative estimate of drug-likeness (QED) is 0.725. The normalized spacial score (nSPS) is 19.6. The molecule has 6 heteroatoms. The van der Waals surface area contributed by atoms with Gasteiger partial charge in [0.2, 0.25) is 0 Å². The molecule has 0 saturated carbocycles. The molecule has 0 saturated heterocycles. The second-order valence-corrected chi connectivity index (χ2v) is 4.98. The fourth-order valence-electron chi connectivity index (χ4n) is 1.42. The Labute approximate surface area is 98.7 Å². The molecule has 1 aliphatic heterocycles. The van der Waals surface area contributed by atoms with Crippen molar-refractivity contribution in [1.29, 1.82) is 0 Å². The Kier molecular flexibility index (Phi) is 2.57. The molecule has 0 N–H and O–H groups in total. The maximum atomic E-state index is 12.6. The van der Waals surface area contributed by atoms with Gasteiger partial charge in [-0.1, -0.05) is 40.2 Å². The number of rotatable bonds is 2. The van der Waals surface area contributed by atoms with Gasteiger partial charge in [0.25, 0.3) is 0 Å². The standard InChI is InChI=1S/C10H8BrF3N2/c1-6(11)7-2-4-8(5-3-7)9(15-16-9)10(12,13)14/h2-6H,1H3. The van der Waals surface area contributed by atoms with Crippen molar-refractivity contribution in [3.63, 3.8) is 0 Å². The van der Waals surface area contributed by atoms with Crippen molar-refractivity contribution >= 4 is 15.9 Å². The van der Waals surface area contributed by atoms with Gasteiger partial charge in [0.05, 0.1) is 0 Å². The van der Waals surface area contributed by atoms with Gasteiger partial charge in [-0.05, 0) is 12.5 Å². The molecular weight excluding hydrogens is 285 g/mol. The lowest BCUT2D eigenvalue weighted by Crippen LogP contribution is -2.30. The smallest absolute Gasteiger partial charge is 0.166 e. The molecule has 16 heavy (non-hydrogen) atoms. The molecule has 0 bridgehead atoms. The molecule has 0 spiro atoms. The monoisotopic (exact) mass is 292 g/mol. The number of alkyl halides is 4. The Morgan fingerprint density at radius 1 is 1.19 bits per heavy atom. The molecule has 2 rings (SSSR count). The van der Waals surface area contributed by atoms with Crippen LogP contribution in [0.15, 0.2) is 34.5 Å². The Hall–Kier alpha value is -0.910. The van der Waals surface area contributed by atoms with Gasteiger partial charge in [0, 0.05) is 10.4 Å². The summed E-state index contributed by atoms with van der Waals surface area (Å²) < 4.78 is 37.9. The summed E-state index contributed by atoms with van der Waals surface area (Å²) in [6.45, 7) is 1.90. The molecule has 0 aromatic heterocycles. The fraction of sp³-hybridized carbons (Fsp3) is 0.400. The van der Waals surface area contributed by atoms with Crippen LogP contribution in [0.5, 0.6) is 0 Å².